The maximum Gasteiger partial charge on any atom is 0.449 e. The predicted octanol–water partition coefficient (Wildman–Crippen LogP) is 2.30. The molecule has 96 valence electrons. The largest absolute Gasteiger partial charge is 0.449 e. The molecule has 0 amide bonds. The number of hydrogen-bond acceptors (Lipinski definition) is 2. The first kappa shape index (κ1) is 12.4. The molecule has 17 heavy (non-hydrogen) atoms. The van der Waals surface area contributed by atoms with Crippen LogP contribution in [-0.2, 0) is 25.7 Å². The molecule has 2 heterocycles. The molecule has 0 saturated heterocycles. The van der Waals surface area contributed by atoms with Gasteiger partial charge in [0.15, 0.2) is 0 Å². The zero-order valence-electron chi connectivity index (χ0n) is 10.0. The molecule has 0 saturated carbocycles. The number of nitrogens with zero attached hydrogens (tertiary/aromatic N) is 3. The fourth-order valence-electron chi connectivity index (χ4n) is 2.32. The highest BCUT2D eigenvalue weighted by atomic mass is 19.4. The summed E-state index contributed by atoms with van der Waals surface area (Å²) in [4.78, 5) is 5.89. The molecular weight excluding hydrogens is 231 g/mol. The van der Waals surface area contributed by atoms with Crippen LogP contribution in [-0.4, -0.2) is 27.5 Å². The number of aromatic nitrogens is 2. The molecule has 0 aromatic carbocycles. The third kappa shape index (κ3) is 2.18. The van der Waals surface area contributed by atoms with Crippen LogP contribution >= 0.6 is 0 Å². The highest BCUT2D eigenvalue weighted by Crippen LogP contribution is 2.32. The van der Waals surface area contributed by atoms with Crippen molar-refractivity contribution in [3.05, 3.63) is 17.2 Å². The number of halogens is 3. The van der Waals surface area contributed by atoms with Crippen LogP contribution in [0.1, 0.15) is 31.1 Å². The molecule has 2 rings (SSSR count). The Morgan fingerprint density at radius 2 is 1.94 bits per heavy atom. The van der Waals surface area contributed by atoms with E-state index in [0.29, 0.717) is 25.2 Å². The van der Waals surface area contributed by atoms with Crippen LogP contribution < -0.4 is 0 Å². The van der Waals surface area contributed by atoms with Crippen LogP contribution in [0.2, 0.25) is 0 Å². The number of rotatable bonds is 2. The second-order valence-corrected chi connectivity index (χ2v) is 4.19. The quantitative estimate of drug-likeness (QED) is 0.799. The lowest BCUT2D eigenvalue weighted by Gasteiger charge is -2.25. The van der Waals surface area contributed by atoms with Crippen molar-refractivity contribution < 1.29 is 13.2 Å². The number of imidazole rings is 1. The van der Waals surface area contributed by atoms with Crippen LogP contribution in [0.25, 0.3) is 0 Å². The molecule has 0 unspecified atom stereocenters. The summed E-state index contributed by atoms with van der Waals surface area (Å²) in [6, 6.07) is 0. The zero-order valence-corrected chi connectivity index (χ0v) is 10.0. The van der Waals surface area contributed by atoms with Crippen LogP contribution in [0.3, 0.4) is 0 Å². The van der Waals surface area contributed by atoms with Gasteiger partial charge in [-0.15, -0.1) is 0 Å². The molecule has 0 fully saturated rings. The van der Waals surface area contributed by atoms with Gasteiger partial charge in [0.25, 0.3) is 0 Å². The molecule has 3 nitrogen and oxygen atoms in total. The first-order valence-electron chi connectivity index (χ1n) is 5.85. The SMILES string of the molecule is CCN1CCc2c(nc(C(F)(F)F)n2CC)C1. The van der Waals surface area contributed by atoms with E-state index in [9.17, 15) is 13.2 Å². The zero-order chi connectivity index (χ0) is 12.6. The summed E-state index contributed by atoms with van der Waals surface area (Å²) < 4.78 is 39.7. The molecule has 0 aliphatic carbocycles. The molecule has 1 aliphatic heterocycles. The Hall–Kier alpha value is -1.04. The minimum atomic E-state index is -4.36. The summed E-state index contributed by atoms with van der Waals surface area (Å²) in [5, 5.41) is 0. The van der Waals surface area contributed by atoms with Gasteiger partial charge in [-0.25, -0.2) is 4.98 Å². The third-order valence-electron chi connectivity index (χ3n) is 3.21. The summed E-state index contributed by atoms with van der Waals surface area (Å²) >= 11 is 0. The minimum Gasteiger partial charge on any atom is -0.324 e. The Balaban J connectivity index is 2.42. The van der Waals surface area contributed by atoms with Crippen molar-refractivity contribution in [2.24, 2.45) is 0 Å². The van der Waals surface area contributed by atoms with E-state index in [1.165, 1.54) is 4.57 Å². The molecule has 0 N–H and O–H groups in total. The topological polar surface area (TPSA) is 21.1 Å². The normalized spacial score (nSPS) is 17.2. The number of alkyl halides is 3. The Morgan fingerprint density at radius 3 is 2.47 bits per heavy atom. The first-order valence-corrected chi connectivity index (χ1v) is 5.85. The van der Waals surface area contributed by atoms with Gasteiger partial charge in [-0.1, -0.05) is 6.92 Å². The summed E-state index contributed by atoms with van der Waals surface area (Å²) in [6.07, 6.45) is -3.70. The molecule has 1 aromatic heterocycles. The van der Waals surface area contributed by atoms with Gasteiger partial charge in [0.2, 0.25) is 5.82 Å². The molecule has 0 spiro atoms. The Morgan fingerprint density at radius 1 is 1.24 bits per heavy atom. The number of fused-ring (bicyclic) bond motifs is 1. The molecule has 1 aromatic rings. The second-order valence-electron chi connectivity index (χ2n) is 4.19. The summed E-state index contributed by atoms with van der Waals surface area (Å²) in [5.74, 6) is -0.747. The van der Waals surface area contributed by atoms with E-state index in [-0.39, 0.29) is 0 Å². The van der Waals surface area contributed by atoms with E-state index in [1.54, 1.807) is 6.92 Å². The standard InChI is InChI=1S/C11H16F3N3/c1-3-16-6-5-9-8(7-16)15-10(11(12,13)14)17(9)4-2/h3-7H2,1-2H3. The van der Waals surface area contributed by atoms with E-state index in [4.69, 9.17) is 0 Å². The van der Waals surface area contributed by atoms with Crippen LogP contribution in [0, 0.1) is 0 Å². The Labute approximate surface area is 98.2 Å². The van der Waals surface area contributed by atoms with Gasteiger partial charge in [-0.2, -0.15) is 13.2 Å². The summed E-state index contributed by atoms with van der Waals surface area (Å²) in [6.45, 7) is 6.24. The first-order chi connectivity index (χ1) is 7.97. The average Bonchev–Trinajstić information content (AvgIpc) is 2.65. The van der Waals surface area contributed by atoms with Crippen molar-refractivity contribution in [2.75, 3.05) is 13.1 Å². The van der Waals surface area contributed by atoms with Crippen LogP contribution in [0.4, 0.5) is 13.2 Å². The van der Waals surface area contributed by atoms with Crippen molar-refractivity contribution >= 4 is 0 Å². The lowest BCUT2D eigenvalue weighted by molar-refractivity contribution is -0.147. The molecule has 0 radical (unpaired) electrons. The van der Waals surface area contributed by atoms with Crippen LogP contribution in [0.5, 0.6) is 0 Å². The molecular formula is C11H16F3N3. The van der Waals surface area contributed by atoms with Gasteiger partial charge < -0.3 is 4.57 Å². The van der Waals surface area contributed by atoms with Gasteiger partial charge in [-0.3, -0.25) is 4.90 Å². The molecule has 6 heteroatoms. The third-order valence-corrected chi connectivity index (χ3v) is 3.21. The summed E-state index contributed by atoms with van der Waals surface area (Å²) in [7, 11) is 0. The van der Waals surface area contributed by atoms with E-state index < -0.39 is 12.0 Å². The van der Waals surface area contributed by atoms with Crippen molar-refractivity contribution in [2.45, 2.75) is 39.5 Å². The lowest BCUT2D eigenvalue weighted by atomic mass is 10.1. The van der Waals surface area contributed by atoms with Gasteiger partial charge in [-0.05, 0) is 13.5 Å². The van der Waals surface area contributed by atoms with Crippen molar-refractivity contribution in [1.82, 2.24) is 14.5 Å². The van der Waals surface area contributed by atoms with Crippen molar-refractivity contribution in [1.29, 1.82) is 0 Å². The monoisotopic (exact) mass is 247 g/mol. The fourth-order valence-corrected chi connectivity index (χ4v) is 2.32. The number of hydrogen-bond donors (Lipinski definition) is 0. The van der Waals surface area contributed by atoms with Gasteiger partial charge in [0, 0.05) is 31.7 Å². The van der Waals surface area contributed by atoms with Gasteiger partial charge in [0.05, 0.1) is 5.69 Å². The van der Waals surface area contributed by atoms with E-state index in [1.807, 2.05) is 6.92 Å². The fraction of sp³-hybridized carbons (Fsp3) is 0.727. The second kappa shape index (κ2) is 4.33. The van der Waals surface area contributed by atoms with Crippen molar-refractivity contribution in [3.63, 3.8) is 0 Å². The van der Waals surface area contributed by atoms with Gasteiger partial charge >= 0.3 is 6.18 Å². The van der Waals surface area contributed by atoms with Crippen LogP contribution in [0.15, 0.2) is 0 Å². The lowest BCUT2D eigenvalue weighted by Crippen LogP contribution is -2.31. The van der Waals surface area contributed by atoms with E-state index >= 15 is 0 Å². The minimum absolute atomic E-state index is 0.323. The van der Waals surface area contributed by atoms with E-state index in [0.717, 1.165) is 18.8 Å². The number of likely N-dealkylation sites (N-methyl/N-ethyl adjacent to an activating group) is 1. The molecule has 0 atom stereocenters. The highest BCUT2D eigenvalue weighted by molar-refractivity contribution is 5.21. The summed E-state index contributed by atoms with van der Waals surface area (Å²) in [5.41, 5.74) is 1.34. The van der Waals surface area contributed by atoms with E-state index in [2.05, 4.69) is 9.88 Å². The molecule has 0 bridgehead atoms. The maximum atomic E-state index is 12.8. The Bertz CT molecular complexity index is 409. The smallest absolute Gasteiger partial charge is 0.324 e. The predicted molar refractivity (Wildman–Crippen MR) is 57.6 cm³/mol. The Kier molecular flexibility index (Phi) is 3.16. The average molecular weight is 247 g/mol. The maximum absolute atomic E-state index is 12.8. The van der Waals surface area contributed by atoms with Crippen molar-refractivity contribution in [3.8, 4) is 0 Å². The highest BCUT2D eigenvalue weighted by Gasteiger charge is 2.39. The van der Waals surface area contributed by atoms with Gasteiger partial charge in [0.1, 0.15) is 0 Å². The molecule has 1 aliphatic rings.